The van der Waals surface area contributed by atoms with Crippen molar-refractivity contribution in [2.45, 2.75) is 38.2 Å². The summed E-state index contributed by atoms with van der Waals surface area (Å²) in [6.07, 6.45) is 2.34. The van der Waals surface area contributed by atoms with Crippen LogP contribution in [0.15, 0.2) is 36.4 Å². The lowest BCUT2D eigenvalue weighted by Gasteiger charge is -2.10. The van der Waals surface area contributed by atoms with Gasteiger partial charge < -0.3 is 0 Å². The van der Waals surface area contributed by atoms with Crippen LogP contribution in [0, 0.1) is 13.8 Å². The minimum atomic E-state index is 1.17. The van der Waals surface area contributed by atoms with Crippen molar-refractivity contribution >= 4 is 11.8 Å². The lowest BCUT2D eigenvalue weighted by molar-refractivity contribution is 0.933. The van der Waals surface area contributed by atoms with Crippen LogP contribution in [0.1, 0.15) is 33.4 Å². The third kappa shape index (κ3) is 2.57. The lowest BCUT2D eigenvalue weighted by atomic mass is 9.94. The molecular formula is C18H21S+. The summed E-state index contributed by atoms with van der Waals surface area (Å²) in [4.78, 5) is 0. The minimum absolute atomic E-state index is 1.17. The van der Waals surface area contributed by atoms with Crippen molar-refractivity contribution in [1.29, 1.82) is 0 Å². The molecule has 0 radical (unpaired) electrons. The Morgan fingerprint density at radius 2 is 1.11 bits per heavy atom. The minimum Gasteiger partial charge on any atom is -0.0615 e. The van der Waals surface area contributed by atoms with Crippen molar-refractivity contribution in [1.82, 2.24) is 0 Å². The topological polar surface area (TPSA) is 0 Å². The van der Waals surface area contributed by atoms with Gasteiger partial charge in [-0.3, -0.25) is 0 Å². The van der Waals surface area contributed by atoms with Crippen molar-refractivity contribution in [2.24, 2.45) is 0 Å². The molecule has 0 spiro atoms. The molecule has 19 heavy (non-hydrogen) atoms. The van der Waals surface area contributed by atoms with E-state index >= 15 is 0 Å². The molecular weight excluding hydrogens is 248 g/mol. The fourth-order valence-corrected chi connectivity index (χ4v) is 4.20. The van der Waals surface area contributed by atoms with Gasteiger partial charge in [-0.15, -0.1) is 0 Å². The molecule has 0 amide bonds. The molecule has 98 valence electrons. The molecule has 0 nitrogen and oxygen atoms in total. The Bertz CT molecular complexity index is 545. The highest BCUT2D eigenvalue weighted by Gasteiger charge is 2.13. The molecule has 0 N–H and O–H groups in total. The van der Waals surface area contributed by atoms with Crippen LogP contribution in [0.25, 0.3) is 0 Å². The van der Waals surface area contributed by atoms with Crippen LogP contribution >= 0.6 is 0 Å². The molecule has 1 heterocycles. The van der Waals surface area contributed by atoms with Gasteiger partial charge in [0.25, 0.3) is 0 Å². The number of rotatable bonds is 0. The maximum atomic E-state index is 2.30. The monoisotopic (exact) mass is 269 g/mol. The van der Waals surface area contributed by atoms with Gasteiger partial charge in [0.05, 0.1) is 0 Å². The van der Waals surface area contributed by atoms with Gasteiger partial charge in [0.1, 0.15) is 11.5 Å². The second kappa shape index (κ2) is 5.42. The Morgan fingerprint density at radius 1 is 0.684 bits per heavy atom. The van der Waals surface area contributed by atoms with E-state index in [-0.39, 0.29) is 0 Å². The summed E-state index contributed by atoms with van der Waals surface area (Å²) in [5.41, 5.74) is 9.16. The number of aryl methyl sites for hydroxylation is 2. The van der Waals surface area contributed by atoms with Gasteiger partial charge in [0.2, 0.25) is 0 Å². The van der Waals surface area contributed by atoms with Gasteiger partial charge in [0, 0.05) is 11.1 Å². The molecule has 4 bridgehead atoms. The third-order valence-electron chi connectivity index (χ3n) is 4.34. The molecule has 0 unspecified atom stereocenters. The molecule has 1 aliphatic rings. The van der Waals surface area contributed by atoms with E-state index in [2.05, 4.69) is 50.2 Å². The van der Waals surface area contributed by atoms with E-state index in [0.717, 1.165) is 0 Å². The number of benzene rings is 2. The predicted molar refractivity (Wildman–Crippen MR) is 85.9 cm³/mol. The fraction of sp³-hybridized carbons (Fsp3) is 0.333. The maximum absolute atomic E-state index is 2.30. The van der Waals surface area contributed by atoms with Gasteiger partial charge in [0.15, 0.2) is 0 Å². The molecule has 0 saturated heterocycles. The van der Waals surface area contributed by atoms with Crippen molar-refractivity contribution in [3.63, 3.8) is 0 Å². The second-order valence-corrected chi connectivity index (χ2v) is 6.52. The number of thiol groups is 1. The zero-order valence-electron chi connectivity index (χ0n) is 11.7. The highest BCUT2D eigenvalue weighted by atomic mass is 32.2. The highest BCUT2D eigenvalue weighted by molar-refractivity contribution is 7.76. The molecule has 3 rings (SSSR count). The molecule has 0 atom stereocenters. The molecule has 1 aliphatic heterocycles. The molecule has 0 fully saturated rings. The Balaban J connectivity index is 2.02. The third-order valence-corrected chi connectivity index (χ3v) is 5.47. The van der Waals surface area contributed by atoms with Crippen LogP contribution in [0.5, 0.6) is 0 Å². The fourth-order valence-electron chi connectivity index (χ4n) is 2.92. The molecule has 0 aliphatic carbocycles. The summed E-state index contributed by atoms with van der Waals surface area (Å²) in [5, 5.41) is 0. The average Bonchev–Trinajstić information content (AvgIpc) is 2.42. The Labute approximate surface area is 120 Å². The van der Waals surface area contributed by atoms with Gasteiger partial charge in [-0.05, 0) is 60.7 Å². The highest BCUT2D eigenvalue weighted by Crippen LogP contribution is 2.22. The molecule has 0 aromatic heterocycles. The quantitative estimate of drug-likeness (QED) is 0.502. The summed E-state index contributed by atoms with van der Waals surface area (Å²) in [6.45, 7) is 4.58. The van der Waals surface area contributed by atoms with E-state index in [4.69, 9.17) is 0 Å². The largest absolute Gasteiger partial charge is 0.131 e. The van der Waals surface area contributed by atoms with Crippen molar-refractivity contribution in [3.05, 3.63) is 69.8 Å². The first kappa shape index (κ1) is 12.8. The van der Waals surface area contributed by atoms with Gasteiger partial charge in [-0.25, -0.2) is 0 Å². The lowest BCUT2D eigenvalue weighted by Crippen LogP contribution is -1.98. The molecule has 0 saturated carbocycles. The standard InChI is InChI=1S/C18H20S/c1-13-15-5-3-7-17(13)11-19-12-18-8-4-6-16(10-9-15)14(18)2/h3-8H,9-12H2,1-2H3/p+1. The van der Waals surface area contributed by atoms with Crippen LogP contribution in [0.4, 0.5) is 0 Å². The summed E-state index contributed by atoms with van der Waals surface area (Å²) < 4.78 is 0. The van der Waals surface area contributed by atoms with E-state index < -0.39 is 0 Å². The zero-order chi connectivity index (χ0) is 13.2. The van der Waals surface area contributed by atoms with Crippen LogP contribution < -0.4 is 0 Å². The summed E-state index contributed by atoms with van der Waals surface area (Å²) >= 11 is 1.52. The summed E-state index contributed by atoms with van der Waals surface area (Å²) in [6, 6.07) is 13.7. The van der Waals surface area contributed by atoms with Crippen LogP contribution in [0.3, 0.4) is 0 Å². The SMILES string of the molecule is Cc1c2cccc1C[SH+]Cc1cccc(c1C)CC2. The predicted octanol–water partition coefficient (Wildman–Crippen LogP) is 3.92. The van der Waals surface area contributed by atoms with Crippen LogP contribution in [-0.2, 0) is 36.1 Å². The van der Waals surface area contributed by atoms with Gasteiger partial charge in [-0.1, -0.05) is 36.4 Å². The summed E-state index contributed by atoms with van der Waals surface area (Å²) in [7, 11) is 0. The van der Waals surface area contributed by atoms with Gasteiger partial charge in [-0.2, -0.15) is 0 Å². The molecule has 1 heteroatoms. The van der Waals surface area contributed by atoms with Crippen molar-refractivity contribution in [2.75, 3.05) is 0 Å². The van der Waals surface area contributed by atoms with Crippen molar-refractivity contribution < 1.29 is 0 Å². The smallest absolute Gasteiger partial charge is 0.0615 e. The normalized spacial score (nSPS) is 14.8. The Morgan fingerprint density at radius 3 is 1.58 bits per heavy atom. The maximum Gasteiger partial charge on any atom is 0.131 e. The Kier molecular flexibility index (Phi) is 3.65. The average molecular weight is 269 g/mol. The van der Waals surface area contributed by atoms with Crippen LogP contribution in [-0.4, -0.2) is 0 Å². The van der Waals surface area contributed by atoms with E-state index in [9.17, 15) is 0 Å². The van der Waals surface area contributed by atoms with Crippen LogP contribution in [0.2, 0.25) is 0 Å². The van der Waals surface area contributed by atoms with Gasteiger partial charge >= 0.3 is 0 Å². The molecule has 2 aromatic carbocycles. The van der Waals surface area contributed by atoms with E-state index in [1.807, 2.05) is 0 Å². The number of hydrogen-bond acceptors (Lipinski definition) is 0. The first-order valence-electron chi connectivity index (χ1n) is 7.03. The summed E-state index contributed by atoms with van der Waals surface area (Å²) in [5.74, 6) is 2.37. The zero-order valence-corrected chi connectivity index (χ0v) is 12.6. The number of fused-ring (bicyclic) bond motifs is 4. The van der Waals surface area contributed by atoms with E-state index in [1.54, 1.807) is 0 Å². The molecule has 2 aromatic rings. The first-order chi connectivity index (χ1) is 9.25. The van der Waals surface area contributed by atoms with E-state index in [1.165, 1.54) is 69.5 Å². The first-order valence-corrected chi connectivity index (χ1v) is 8.30. The van der Waals surface area contributed by atoms with Crippen molar-refractivity contribution in [3.8, 4) is 0 Å². The second-order valence-electron chi connectivity index (χ2n) is 5.44. The van der Waals surface area contributed by atoms with E-state index in [0.29, 0.717) is 0 Å². The Hall–Kier alpha value is -1.21. The number of hydrogen-bond donors (Lipinski definition) is 0.